The van der Waals surface area contributed by atoms with Gasteiger partial charge in [-0.15, -0.1) is 11.8 Å². The van der Waals surface area contributed by atoms with E-state index in [0.29, 0.717) is 0 Å². The van der Waals surface area contributed by atoms with Crippen LogP contribution >= 0.6 is 11.8 Å². The first-order chi connectivity index (χ1) is 7.47. The molecule has 94 valence electrons. The molecule has 0 aliphatic carbocycles. The molecule has 1 aliphatic heterocycles. The standard InChI is InChI=1S/C8H15NO6S/c10-1-4(11)5(12)6(13)7-9-3(2-16-7)8(14)15/h3-7,9-13H,1-2H2,(H,14,15). The third-order valence-corrected chi connectivity index (χ3v) is 3.65. The van der Waals surface area contributed by atoms with Crippen molar-refractivity contribution in [1.82, 2.24) is 5.32 Å². The SMILES string of the molecule is O=C(O)C1CSC(C(O)C(O)C(O)CO)N1. The second-order valence-corrected chi connectivity index (χ2v) is 4.72. The number of nitrogens with one attached hydrogen (secondary N) is 1. The predicted molar refractivity (Wildman–Crippen MR) is 55.9 cm³/mol. The van der Waals surface area contributed by atoms with E-state index < -0.39 is 42.3 Å². The van der Waals surface area contributed by atoms with Crippen molar-refractivity contribution in [3.63, 3.8) is 0 Å². The molecule has 0 saturated carbocycles. The summed E-state index contributed by atoms with van der Waals surface area (Å²) in [5.41, 5.74) is 0. The van der Waals surface area contributed by atoms with Crippen molar-refractivity contribution < 1.29 is 30.3 Å². The number of carboxylic acid groups (broad SMARTS) is 1. The van der Waals surface area contributed by atoms with Gasteiger partial charge in [-0.25, -0.2) is 0 Å². The van der Waals surface area contributed by atoms with E-state index in [9.17, 15) is 15.0 Å². The zero-order chi connectivity index (χ0) is 12.3. The first kappa shape index (κ1) is 13.7. The van der Waals surface area contributed by atoms with Crippen molar-refractivity contribution in [2.75, 3.05) is 12.4 Å². The Kier molecular flexibility index (Phi) is 4.96. The summed E-state index contributed by atoms with van der Waals surface area (Å²) in [6.45, 7) is -0.669. The summed E-state index contributed by atoms with van der Waals surface area (Å²) in [6, 6.07) is -0.775. The minimum Gasteiger partial charge on any atom is -0.480 e. The van der Waals surface area contributed by atoms with Crippen LogP contribution in [-0.2, 0) is 4.79 Å². The second kappa shape index (κ2) is 5.80. The fraction of sp³-hybridized carbons (Fsp3) is 0.875. The van der Waals surface area contributed by atoms with E-state index >= 15 is 0 Å². The topological polar surface area (TPSA) is 130 Å². The summed E-state index contributed by atoms with van der Waals surface area (Å²) < 4.78 is 0. The maximum Gasteiger partial charge on any atom is 0.321 e. The lowest BCUT2D eigenvalue weighted by molar-refractivity contribution is -0.139. The molecule has 0 aromatic rings. The summed E-state index contributed by atoms with van der Waals surface area (Å²) in [7, 11) is 0. The van der Waals surface area contributed by atoms with Crippen LogP contribution in [0.1, 0.15) is 0 Å². The van der Waals surface area contributed by atoms with Gasteiger partial charge in [0.15, 0.2) is 0 Å². The van der Waals surface area contributed by atoms with Gasteiger partial charge in [-0.2, -0.15) is 0 Å². The lowest BCUT2D eigenvalue weighted by Gasteiger charge is -2.25. The Morgan fingerprint density at radius 2 is 2.06 bits per heavy atom. The van der Waals surface area contributed by atoms with Gasteiger partial charge < -0.3 is 25.5 Å². The summed E-state index contributed by atoms with van der Waals surface area (Å²) in [5.74, 6) is -0.752. The largest absolute Gasteiger partial charge is 0.480 e. The van der Waals surface area contributed by atoms with Crippen molar-refractivity contribution in [2.45, 2.75) is 29.7 Å². The molecule has 5 unspecified atom stereocenters. The Morgan fingerprint density at radius 1 is 1.44 bits per heavy atom. The smallest absolute Gasteiger partial charge is 0.321 e. The Hall–Kier alpha value is -0.380. The Morgan fingerprint density at radius 3 is 2.50 bits per heavy atom. The molecule has 7 nitrogen and oxygen atoms in total. The van der Waals surface area contributed by atoms with Crippen molar-refractivity contribution in [1.29, 1.82) is 0 Å². The fourth-order valence-corrected chi connectivity index (χ4v) is 2.61. The van der Waals surface area contributed by atoms with Gasteiger partial charge in [0.05, 0.1) is 12.0 Å². The second-order valence-electron chi connectivity index (χ2n) is 3.54. The van der Waals surface area contributed by atoms with Crippen LogP contribution in [0.25, 0.3) is 0 Å². The first-order valence-corrected chi connectivity index (χ1v) is 5.77. The highest BCUT2D eigenvalue weighted by atomic mass is 32.2. The maximum absolute atomic E-state index is 10.6. The van der Waals surface area contributed by atoms with Crippen LogP contribution in [0.3, 0.4) is 0 Å². The normalized spacial score (nSPS) is 31.0. The van der Waals surface area contributed by atoms with E-state index in [4.69, 9.17) is 15.3 Å². The van der Waals surface area contributed by atoms with Crippen molar-refractivity contribution in [3.8, 4) is 0 Å². The minimum absolute atomic E-state index is 0.277. The maximum atomic E-state index is 10.6. The van der Waals surface area contributed by atoms with Crippen LogP contribution in [-0.4, -0.2) is 73.6 Å². The Labute approximate surface area is 96.1 Å². The van der Waals surface area contributed by atoms with Gasteiger partial charge >= 0.3 is 5.97 Å². The number of carboxylic acids is 1. The summed E-state index contributed by atoms with van der Waals surface area (Å²) in [4.78, 5) is 10.6. The lowest BCUT2D eigenvalue weighted by atomic mass is 10.1. The van der Waals surface area contributed by atoms with Crippen LogP contribution in [0.4, 0.5) is 0 Å². The number of aliphatic hydroxyl groups is 4. The number of aliphatic carboxylic acids is 1. The number of carbonyl (C=O) groups is 1. The molecule has 0 bridgehead atoms. The number of aliphatic hydroxyl groups excluding tert-OH is 4. The fourth-order valence-electron chi connectivity index (χ4n) is 1.35. The van der Waals surface area contributed by atoms with Gasteiger partial charge in [-0.05, 0) is 0 Å². The molecule has 1 heterocycles. The van der Waals surface area contributed by atoms with Crippen molar-refractivity contribution in [2.24, 2.45) is 0 Å². The zero-order valence-electron chi connectivity index (χ0n) is 8.35. The Bertz CT molecular complexity index is 253. The number of rotatable bonds is 5. The average Bonchev–Trinajstić information content (AvgIpc) is 2.75. The van der Waals surface area contributed by atoms with Crippen LogP contribution in [0, 0.1) is 0 Å². The average molecular weight is 253 g/mol. The lowest BCUT2D eigenvalue weighted by Crippen LogP contribution is -2.50. The van der Waals surface area contributed by atoms with E-state index in [2.05, 4.69) is 5.32 Å². The van der Waals surface area contributed by atoms with Crippen LogP contribution in [0.2, 0.25) is 0 Å². The summed E-state index contributed by atoms with van der Waals surface area (Å²) >= 11 is 1.15. The van der Waals surface area contributed by atoms with Gasteiger partial charge in [0, 0.05) is 5.75 Å². The predicted octanol–water partition coefficient (Wildman–Crippen LogP) is -2.82. The van der Waals surface area contributed by atoms with Crippen LogP contribution in [0.15, 0.2) is 0 Å². The van der Waals surface area contributed by atoms with Gasteiger partial charge in [-0.1, -0.05) is 0 Å². The molecule has 0 aromatic carbocycles. The molecule has 1 rings (SSSR count). The van der Waals surface area contributed by atoms with E-state index in [-0.39, 0.29) is 5.75 Å². The monoisotopic (exact) mass is 253 g/mol. The molecular formula is C8H15NO6S. The molecular weight excluding hydrogens is 238 g/mol. The number of hydrogen-bond acceptors (Lipinski definition) is 7. The molecule has 0 amide bonds. The minimum atomic E-state index is -1.51. The van der Waals surface area contributed by atoms with Crippen molar-refractivity contribution >= 4 is 17.7 Å². The highest BCUT2D eigenvalue weighted by Crippen LogP contribution is 2.24. The quantitative estimate of drug-likeness (QED) is 0.309. The van der Waals surface area contributed by atoms with Gasteiger partial charge in [0.1, 0.15) is 24.4 Å². The van der Waals surface area contributed by atoms with E-state index in [1.54, 1.807) is 0 Å². The highest BCUT2D eigenvalue weighted by molar-refractivity contribution is 8.00. The van der Waals surface area contributed by atoms with Crippen LogP contribution in [0.5, 0.6) is 0 Å². The molecule has 1 aliphatic rings. The van der Waals surface area contributed by atoms with E-state index in [1.807, 2.05) is 0 Å². The van der Waals surface area contributed by atoms with Crippen molar-refractivity contribution in [3.05, 3.63) is 0 Å². The third-order valence-electron chi connectivity index (χ3n) is 2.35. The van der Waals surface area contributed by atoms with E-state index in [0.717, 1.165) is 11.8 Å². The molecule has 0 aromatic heterocycles. The van der Waals surface area contributed by atoms with Gasteiger partial charge in [-0.3, -0.25) is 10.1 Å². The molecule has 1 saturated heterocycles. The third kappa shape index (κ3) is 3.06. The molecule has 16 heavy (non-hydrogen) atoms. The zero-order valence-corrected chi connectivity index (χ0v) is 9.17. The summed E-state index contributed by atoms with van der Waals surface area (Å²) in [5, 5.41) is 47.4. The first-order valence-electron chi connectivity index (χ1n) is 4.73. The molecule has 6 N–H and O–H groups in total. The molecule has 1 fully saturated rings. The van der Waals surface area contributed by atoms with Crippen LogP contribution < -0.4 is 5.32 Å². The summed E-state index contributed by atoms with van der Waals surface area (Å²) in [6.07, 6.45) is -4.29. The molecule has 5 atom stereocenters. The number of hydrogen-bond donors (Lipinski definition) is 6. The van der Waals surface area contributed by atoms with Gasteiger partial charge in [0.25, 0.3) is 0 Å². The number of thioether (sulfide) groups is 1. The van der Waals surface area contributed by atoms with Gasteiger partial charge in [0.2, 0.25) is 0 Å². The Balaban J connectivity index is 2.50. The van der Waals surface area contributed by atoms with E-state index in [1.165, 1.54) is 0 Å². The highest BCUT2D eigenvalue weighted by Gasteiger charge is 2.38. The molecule has 0 radical (unpaired) electrons. The molecule has 8 heteroatoms. The molecule has 0 spiro atoms.